The zero-order valence-electron chi connectivity index (χ0n) is 14.8. The summed E-state index contributed by atoms with van der Waals surface area (Å²) >= 11 is 1.10. The molecule has 1 fully saturated rings. The highest BCUT2D eigenvalue weighted by atomic mass is 32.2. The Hall–Kier alpha value is -2.17. The van der Waals surface area contributed by atoms with Crippen LogP contribution in [0.3, 0.4) is 0 Å². The lowest BCUT2D eigenvalue weighted by Gasteiger charge is -2.29. The van der Waals surface area contributed by atoms with Gasteiger partial charge < -0.3 is 4.57 Å². The van der Waals surface area contributed by atoms with Gasteiger partial charge in [0, 0.05) is 12.1 Å². The van der Waals surface area contributed by atoms with E-state index < -0.39 is 11.9 Å². The van der Waals surface area contributed by atoms with Gasteiger partial charge in [0.2, 0.25) is 0 Å². The van der Waals surface area contributed by atoms with Gasteiger partial charge in [-0.2, -0.15) is 27.8 Å². The van der Waals surface area contributed by atoms with Gasteiger partial charge in [0.25, 0.3) is 5.78 Å². The fourth-order valence-corrected chi connectivity index (χ4v) is 4.61. The molecule has 144 valence electrons. The summed E-state index contributed by atoms with van der Waals surface area (Å²) in [5.41, 5.74) is -1.00. The quantitative estimate of drug-likeness (QED) is 0.623. The molecule has 3 aromatic heterocycles. The Morgan fingerprint density at radius 2 is 2.04 bits per heavy atom. The van der Waals surface area contributed by atoms with Crippen molar-refractivity contribution in [1.29, 1.82) is 0 Å². The summed E-state index contributed by atoms with van der Waals surface area (Å²) in [4.78, 5) is 7.35. The van der Waals surface area contributed by atoms with Gasteiger partial charge in [0.15, 0.2) is 10.9 Å². The molecule has 0 aromatic carbocycles. The maximum Gasteiger partial charge on any atom is 0.433 e. The summed E-state index contributed by atoms with van der Waals surface area (Å²) in [7, 11) is 0. The maximum atomic E-state index is 13.2. The SMILES string of the molecule is Cc1nnc(Sc2cc(C(F)(F)F)nc3ncnn23)n1C1CCCC(C)C1. The molecule has 1 saturated carbocycles. The molecular weight excluding hydrogens is 379 g/mol. The fraction of sp³-hybridized carbons (Fsp3) is 0.562. The molecule has 1 aliphatic rings. The lowest BCUT2D eigenvalue weighted by Crippen LogP contribution is -2.19. The first-order valence-electron chi connectivity index (χ1n) is 8.70. The summed E-state index contributed by atoms with van der Waals surface area (Å²) in [6.07, 6.45) is 0.957. The number of alkyl halides is 3. The van der Waals surface area contributed by atoms with E-state index >= 15 is 0 Å². The number of hydrogen-bond donors (Lipinski definition) is 0. The topological polar surface area (TPSA) is 73.8 Å². The molecule has 2 unspecified atom stereocenters. The molecule has 2 atom stereocenters. The van der Waals surface area contributed by atoms with Gasteiger partial charge in [-0.05, 0) is 37.4 Å². The van der Waals surface area contributed by atoms with Crippen molar-refractivity contribution in [3.05, 3.63) is 23.9 Å². The third kappa shape index (κ3) is 3.52. The van der Waals surface area contributed by atoms with Crippen LogP contribution in [-0.4, -0.2) is 34.3 Å². The van der Waals surface area contributed by atoms with Crippen LogP contribution in [0.15, 0.2) is 22.6 Å². The van der Waals surface area contributed by atoms with E-state index in [-0.39, 0.29) is 16.8 Å². The Morgan fingerprint density at radius 1 is 1.22 bits per heavy atom. The number of aromatic nitrogens is 7. The molecule has 0 radical (unpaired) electrons. The van der Waals surface area contributed by atoms with Crippen LogP contribution in [-0.2, 0) is 6.18 Å². The van der Waals surface area contributed by atoms with E-state index in [1.54, 1.807) is 0 Å². The standard InChI is InChI=1S/C16H18F3N7S/c1-9-4-3-5-11(6-9)25-10(2)23-24-15(25)27-13-7-12(16(17,18)19)22-14-20-8-21-26(13)14/h7-9,11H,3-6H2,1-2H3. The molecule has 11 heteroatoms. The highest BCUT2D eigenvalue weighted by Crippen LogP contribution is 2.38. The first-order valence-corrected chi connectivity index (χ1v) is 9.52. The third-order valence-electron chi connectivity index (χ3n) is 4.81. The van der Waals surface area contributed by atoms with Crippen LogP contribution in [0, 0.1) is 12.8 Å². The van der Waals surface area contributed by atoms with Crippen molar-refractivity contribution in [2.24, 2.45) is 5.92 Å². The number of fused-ring (bicyclic) bond motifs is 1. The van der Waals surface area contributed by atoms with Gasteiger partial charge >= 0.3 is 6.18 Å². The van der Waals surface area contributed by atoms with Crippen molar-refractivity contribution in [2.45, 2.75) is 61.9 Å². The average Bonchev–Trinajstić information content (AvgIpc) is 3.21. The average molecular weight is 397 g/mol. The summed E-state index contributed by atoms with van der Waals surface area (Å²) in [6, 6.07) is 1.23. The summed E-state index contributed by atoms with van der Waals surface area (Å²) in [5.74, 6) is 1.26. The first-order chi connectivity index (χ1) is 12.8. The van der Waals surface area contributed by atoms with Gasteiger partial charge in [-0.15, -0.1) is 10.2 Å². The predicted molar refractivity (Wildman–Crippen MR) is 91.3 cm³/mol. The number of halogens is 3. The van der Waals surface area contributed by atoms with E-state index in [0.717, 1.165) is 42.9 Å². The Kier molecular flexibility index (Phi) is 4.57. The summed E-state index contributed by atoms with van der Waals surface area (Å²) in [5, 5.41) is 13.2. The van der Waals surface area contributed by atoms with Crippen molar-refractivity contribution < 1.29 is 13.2 Å². The Labute approximate surface area is 157 Å². The molecule has 0 amide bonds. The van der Waals surface area contributed by atoms with Crippen molar-refractivity contribution in [2.75, 3.05) is 0 Å². The van der Waals surface area contributed by atoms with Crippen LogP contribution in [0.4, 0.5) is 13.2 Å². The summed E-state index contributed by atoms with van der Waals surface area (Å²) in [6.45, 7) is 4.09. The van der Waals surface area contributed by atoms with Crippen LogP contribution in [0.2, 0.25) is 0 Å². The lowest BCUT2D eigenvalue weighted by atomic mass is 9.87. The number of aryl methyl sites for hydroxylation is 1. The molecule has 0 saturated heterocycles. The number of hydrogen-bond acceptors (Lipinski definition) is 6. The third-order valence-corrected chi connectivity index (χ3v) is 5.78. The van der Waals surface area contributed by atoms with Gasteiger partial charge in [0.05, 0.1) is 0 Å². The molecular formula is C16H18F3N7S. The number of rotatable bonds is 3. The van der Waals surface area contributed by atoms with Crippen molar-refractivity contribution >= 4 is 17.5 Å². The largest absolute Gasteiger partial charge is 0.433 e. The van der Waals surface area contributed by atoms with Crippen LogP contribution >= 0.6 is 11.8 Å². The minimum atomic E-state index is -4.56. The molecule has 0 aliphatic heterocycles. The van der Waals surface area contributed by atoms with Gasteiger partial charge in [-0.1, -0.05) is 19.8 Å². The zero-order chi connectivity index (χ0) is 19.2. The highest BCUT2D eigenvalue weighted by molar-refractivity contribution is 7.99. The second-order valence-corrected chi connectivity index (χ2v) is 7.86. The monoisotopic (exact) mass is 397 g/mol. The zero-order valence-corrected chi connectivity index (χ0v) is 15.6. The van der Waals surface area contributed by atoms with E-state index in [4.69, 9.17) is 0 Å². The Morgan fingerprint density at radius 3 is 2.78 bits per heavy atom. The minimum Gasteiger partial charge on any atom is -0.303 e. The predicted octanol–water partition coefficient (Wildman–Crippen LogP) is 3.95. The molecule has 0 spiro atoms. The minimum absolute atomic E-state index is 0.0959. The van der Waals surface area contributed by atoms with E-state index in [0.29, 0.717) is 11.1 Å². The first kappa shape index (κ1) is 18.2. The van der Waals surface area contributed by atoms with Crippen LogP contribution in [0.5, 0.6) is 0 Å². The van der Waals surface area contributed by atoms with E-state index in [1.807, 2.05) is 11.5 Å². The molecule has 3 heterocycles. The smallest absolute Gasteiger partial charge is 0.303 e. The summed E-state index contributed by atoms with van der Waals surface area (Å²) < 4.78 is 42.9. The van der Waals surface area contributed by atoms with Gasteiger partial charge in [-0.3, -0.25) is 0 Å². The van der Waals surface area contributed by atoms with E-state index in [9.17, 15) is 13.2 Å². The normalized spacial score (nSPS) is 21.1. The molecule has 3 aromatic rings. The fourth-order valence-electron chi connectivity index (χ4n) is 3.57. The van der Waals surface area contributed by atoms with Crippen molar-refractivity contribution in [3.63, 3.8) is 0 Å². The molecule has 7 nitrogen and oxygen atoms in total. The maximum absolute atomic E-state index is 13.2. The lowest BCUT2D eigenvalue weighted by molar-refractivity contribution is -0.141. The van der Waals surface area contributed by atoms with Gasteiger partial charge in [0.1, 0.15) is 17.2 Å². The molecule has 0 N–H and O–H groups in total. The van der Waals surface area contributed by atoms with Crippen molar-refractivity contribution in [1.82, 2.24) is 34.3 Å². The molecule has 27 heavy (non-hydrogen) atoms. The van der Waals surface area contributed by atoms with Crippen molar-refractivity contribution in [3.8, 4) is 0 Å². The van der Waals surface area contributed by atoms with Crippen LogP contribution < -0.4 is 0 Å². The highest BCUT2D eigenvalue weighted by Gasteiger charge is 2.34. The second kappa shape index (κ2) is 6.77. The van der Waals surface area contributed by atoms with Gasteiger partial charge in [-0.25, -0.2) is 4.98 Å². The van der Waals surface area contributed by atoms with Crippen LogP contribution in [0.25, 0.3) is 5.78 Å². The van der Waals surface area contributed by atoms with Crippen LogP contribution in [0.1, 0.15) is 50.2 Å². The Bertz CT molecular complexity index is 965. The Balaban J connectivity index is 1.74. The number of nitrogens with zero attached hydrogens (tertiary/aromatic N) is 7. The van der Waals surface area contributed by atoms with E-state index in [2.05, 4.69) is 32.2 Å². The molecule has 0 bridgehead atoms. The van der Waals surface area contributed by atoms with E-state index in [1.165, 1.54) is 17.3 Å². The molecule has 1 aliphatic carbocycles. The second-order valence-electron chi connectivity index (χ2n) is 6.88. The molecule has 4 rings (SSSR count).